The first-order chi connectivity index (χ1) is 9.70. The predicted molar refractivity (Wildman–Crippen MR) is 71.6 cm³/mol. The molecule has 7 heteroatoms. The fourth-order valence-electron chi connectivity index (χ4n) is 1.97. The lowest BCUT2D eigenvalue weighted by atomic mass is 10.3. The highest BCUT2D eigenvalue weighted by molar-refractivity contribution is 5.89. The van der Waals surface area contributed by atoms with Gasteiger partial charge in [-0.2, -0.15) is 5.10 Å². The van der Waals surface area contributed by atoms with E-state index in [1.54, 1.807) is 25.6 Å². The van der Waals surface area contributed by atoms with Gasteiger partial charge in [0, 0.05) is 19.4 Å². The van der Waals surface area contributed by atoms with Crippen molar-refractivity contribution in [2.75, 3.05) is 6.61 Å². The van der Waals surface area contributed by atoms with Gasteiger partial charge in [0.05, 0.1) is 30.2 Å². The number of pyridine rings is 1. The van der Waals surface area contributed by atoms with Crippen LogP contribution in [-0.4, -0.2) is 36.9 Å². The molecule has 0 radical (unpaired) electrons. The summed E-state index contributed by atoms with van der Waals surface area (Å²) in [6, 6.07) is 1.88. The monoisotopic (exact) mass is 271 g/mol. The first-order valence-electron chi connectivity index (χ1n) is 6.19. The van der Waals surface area contributed by atoms with Crippen LogP contribution in [0.4, 0.5) is 0 Å². The lowest BCUT2D eigenvalue weighted by molar-refractivity contribution is 0.0526. The van der Waals surface area contributed by atoms with E-state index in [-0.39, 0.29) is 0 Å². The van der Waals surface area contributed by atoms with Crippen LogP contribution >= 0.6 is 0 Å². The van der Waals surface area contributed by atoms with Gasteiger partial charge in [-0.15, -0.1) is 0 Å². The standard InChI is InChI=1S/C13H13N5O2/c1-3-20-13(19)9-6-16-18(7-9)12-11-10(4-5-14-12)17(2)8-15-11/h4-8H,3H2,1-2H3. The van der Waals surface area contributed by atoms with E-state index in [1.165, 1.54) is 10.9 Å². The van der Waals surface area contributed by atoms with E-state index in [9.17, 15) is 4.79 Å². The van der Waals surface area contributed by atoms with Crippen LogP contribution in [-0.2, 0) is 11.8 Å². The number of hydrogen-bond acceptors (Lipinski definition) is 5. The van der Waals surface area contributed by atoms with Gasteiger partial charge in [-0.1, -0.05) is 0 Å². The van der Waals surface area contributed by atoms with E-state index in [4.69, 9.17) is 4.74 Å². The molecule has 0 aliphatic rings. The van der Waals surface area contributed by atoms with Crippen LogP contribution in [0.1, 0.15) is 17.3 Å². The first kappa shape index (κ1) is 12.3. The van der Waals surface area contributed by atoms with E-state index < -0.39 is 5.97 Å². The molecule has 0 aliphatic carbocycles. The fraction of sp³-hybridized carbons (Fsp3) is 0.231. The maximum Gasteiger partial charge on any atom is 0.341 e. The van der Waals surface area contributed by atoms with Gasteiger partial charge in [-0.05, 0) is 13.0 Å². The van der Waals surface area contributed by atoms with Crippen molar-refractivity contribution in [2.45, 2.75) is 6.92 Å². The normalized spacial score (nSPS) is 10.9. The third-order valence-electron chi connectivity index (χ3n) is 2.93. The summed E-state index contributed by atoms with van der Waals surface area (Å²) in [5.74, 6) is 0.186. The Bertz CT molecular complexity index is 774. The van der Waals surface area contributed by atoms with Crippen molar-refractivity contribution in [3.8, 4) is 5.82 Å². The molecular formula is C13H13N5O2. The number of carbonyl (C=O) groups excluding carboxylic acids is 1. The topological polar surface area (TPSA) is 74.8 Å². The van der Waals surface area contributed by atoms with Gasteiger partial charge >= 0.3 is 5.97 Å². The molecule has 0 amide bonds. The summed E-state index contributed by atoms with van der Waals surface area (Å²) in [5, 5.41) is 4.15. The fourth-order valence-corrected chi connectivity index (χ4v) is 1.97. The molecule has 0 unspecified atom stereocenters. The molecule has 0 aliphatic heterocycles. The lowest BCUT2D eigenvalue weighted by Crippen LogP contribution is -2.03. The number of imidazole rings is 1. The second-order valence-corrected chi connectivity index (χ2v) is 4.25. The summed E-state index contributed by atoms with van der Waals surface area (Å²) < 4.78 is 8.36. The number of nitrogens with zero attached hydrogens (tertiary/aromatic N) is 5. The van der Waals surface area contributed by atoms with Crippen molar-refractivity contribution in [1.29, 1.82) is 0 Å². The summed E-state index contributed by atoms with van der Waals surface area (Å²) >= 11 is 0. The molecule has 0 saturated carbocycles. The highest BCUT2D eigenvalue weighted by atomic mass is 16.5. The van der Waals surface area contributed by atoms with Crippen molar-refractivity contribution in [1.82, 2.24) is 24.3 Å². The van der Waals surface area contributed by atoms with E-state index in [0.717, 1.165) is 11.0 Å². The van der Waals surface area contributed by atoms with E-state index >= 15 is 0 Å². The van der Waals surface area contributed by atoms with Crippen molar-refractivity contribution in [2.24, 2.45) is 7.05 Å². The summed E-state index contributed by atoms with van der Waals surface area (Å²) in [6.07, 6.45) is 6.45. The summed E-state index contributed by atoms with van der Waals surface area (Å²) in [5.41, 5.74) is 2.07. The molecule has 0 spiro atoms. The van der Waals surface area contributed by atoms with Crippen molar-refractivity contribution in [3.05, 3.63) is 36.5 Å². The number of hydrogen-bond donors (Lipinski definition) is 0. The third kappa shape index (κ3) is 1.93. The first-order valence-corrected chi connectivity index (χ1v) is 6.19. The molecular weight excluding hydrogens is 258 g/mol. The Labute approximate surface area is 114 Å². The molecule has 3 heterocycles. The molecule has 102 valence electrons. The molecule has 3 aromatic rings. The minimum atomic E-state index is -0.396. The summed E-state index contributed by atoms with van der Waals surface area (Å²) in [6.45, 7) is 2.09. The average molecular weight is 271 g/mol. The molecule has 0 fully saturated rings. The predicted octanol–water partition coefficient (Wildman–Crippen LogP) is 1.33. The van der Waals surface area contributed by atoms with Gasteiger partial charge in [-0.3, -0.25) is 0 Å². The summed E-state index contributed by atoms with van der Waals surface area (Å²) in [4.78, 5) is 20.2. The summed E-state index contributed by atoms with van der Waals surface area (Å²) in [7, 11) is 1.91. The Kier molecular flexibility index (Phi) is 2.94. The molecule has 0 aromatic carbocycles. The zero-order valence-corrected chi connectivity index (χ0v) is 11.1. The average Bonchev–Trinajstić information content (AvgIpc) is 3.07. The number of fused-ring (bicyclic) bond motifs is 1. The molecule has 20 heavy (non-hydrogen) atoms. The van der Waals surface area contributed by atoms with Crippen molar-refractivity contribution < 1.29 is 9.53 Å². The number of esters is 1. The number of rotatable bonds is 3. The number of aromatic nitrogens is 5. The van der Waals surface area contributed by atoms with Crippen LogP contribution in [0.25, 0.3) is 16.9 Å². The van der Waals surface area contributed by atoms with Crippen LogP contribution in [0.3, 0.4) is 0 Å². The SMILES string of the molecule is CCOC(=O)c1cnn(-c2nccc3c2ncn3C)c1. The minimum Gasteiger partial charge on any atom is -0.462 e. The molecule has 3 aromatic heterocycles. The molecule has 0 bridgehead atoms. The largest absolute Gasteiger partial charge is 0.462 e. The van der Waals surface area contributed by atoms with Crippen LogP contribution in [0, 0.1) is 0 Å². The highest BCUT2D eigenvalue weighted by Crippen LogP contribution is 2.17. The van der Waals surface area contributed by atoms with E-state index in [0.29, 0.717) is 18.0 Å². The maximum absolute atomic E-state index is 11.6. The van der Waals surface area contributed by atoms with Crippen molar-refractivity contribution >= 4 is 17.0 Å². The van der Waals surface area contributed by atoms with Gasteiger partial charge in [0.2, 0.25) is 0 Å². The van der Waals surface area contributed by atoms with Gasteiger partial charge < -0.3 is 9.30 Å². The van der Waals surface area contributed by atoms with Crippen LogP contribution in [0.2, 0.25) is 0 Å². The number of aryl methyl sites for hydroxylation is 1. The Hall–Kier alpha value is -2.70. The molecule has 0 atom stereocenters. The Morgan fingerprint density at radius 1 is 1.40 bits per heavy atom. The van der Waals surface area contributed by atoms with Gasteiger partial charge in [0.1, 0.15) is 5.52 Å². The molecule has 7 nitrogen and oxygen atoms in total. The Morgan fingerprint density at radius 3 is 3.05 bits per heavy atom. The Morgan fingerprint density at radius 2 is 2.25 bits per heavy atom. The van der Waals surface area contributed by atoms with Crippen molar-refractivity contribution in [3.63, 3.8) is 0 Å². The lowest BCUT2D eigenvalue weighted by Gasteiger charge is -2.01. The van der Waals surface area contributed by atoms with Gasteiger partial charge in [0.15, 0.2) is 5.82 Å². The van der Waals surface area contributed by atoms with Crippen LogP contribution in [0.5, 0.6) is 0 Å². The second kappa shape index (κ2) is 4.76. The van der Waals surface area contributed by atoms with Crippen LogP contribution in [0.15, 0.2) is 31.0 Å². The quantitative estimate of drug-likeness (QED) is 0.672. The van der Waals surface area contributed by atoms with Crippen LogP contribution < -0.4 is 0 Å². The maximum atomic E-state index is 11.6. The smallest absolute Gasteiger partial charge is 0.341 e. The van der Waals surface area contributed by atoms with E-state index in [2.05, 4.69) is 15.1 Å². The molecule has 0 saturated heterocycles. The Balaban J connectivity index is 2.05. The van der Waals surface area contributed by atoms with Gasteiger partial charge in [0.25, 0.3) is 0 Å². The van der Waals surface area contributed by atoms with Gasteiger partial charge in [-0.25, -0.2) is 19.4 Å². The van der Waals surface area contributed by atoms with E-state index in [1.807, 2.05) is 17.7 Å². The molecule has 0 N–H and O–H groups in total. The number of carbonyl (C=O) groups is 1. The minimum absolute atomic E-state index is 0.331. The third-order valence-corrected chi connectivity index (χ3v) is 2.93. The number of ether oxygens (including phenoxy) is 1. The zero-order valence-electron chi connectivity index (χ0n) is 11.1. The highest BCUT2D eigenvalue weighted by Gasteiger charge is 2.13. The zero-order chi connectivity index (χ0) is 14.1. The molecule has 3 rings (SSSR count). The second-order valence-electron chi connectivity index (χ2n) is 4.25.